The molecular formula is C26H14F4O2. The van der Waals surface area contributed by atoms with Crippen molar-refractivity contribution in [1.29, 1.82) is 0 Å². The van der Waals surface area contributed by atoms with Gasteiger partial charge in [0.1, 0.15) is 23.3 Å². The zero-order valence-corrected chi connectivity index (χ0v) is 16.4. The van der Waals surface area contributed by atoms with Crippen molar-refractivity contribution in [2.45, 2.75) is 0 Å². The van der Waals surface area contributed by atoms with Crippen LogP contribution in [0.3, 0.4) is 0 Å². The summed E-state index contributed by atoms with van der Waals surface area (Å²) >= 11 is 0. The van der Waals surface area contributed by atoms with Crippen LogP contribution in [0.25, 0.3) is 16.7 Å². The van der Waals surface area contributed by atoms with Crippen LogP contribution in [-0.2, 0) is 0 Å². The van der Waals surface area contributed by atoms with E-state index in [4.69, 9.17) is 0 Å². The van der Waals surface area contributed by atoms with Gasteiger partial charge >= 0.3 is 0 Å². The van der Waals surface area contributed by atoms with E-state index in [0.717, 1.165) is 36.4 Å². The molecule has 2 unspecified atom stereocenters. The third-order valence-corrected chi connectivity index (χ3v) is 5.78. The van der Waals surface area contributed by atoms with Gasteiger partial charge in [-0.25, -0.2) is 17.6 Å². The minimum Gasteiger partial charge on any atom is -0.293 e. The summed E-state index contributed by atoms with van der Waals surface area (Å²) in [6.45, 7) is 0. The highest BCUT2D eigenvalue weighted by atomic mass is 19.1. The molecule has 0 bridgehead atoms. The largest absolute Gasteiger partial charge is 0.293 e. The fourth-order valence-corrected chi connectivity index (χ4v) is 4.30. The van der Waals surface area contributed by atoms with Crippen molar-refractivity contribution in [2.24, 2.45) is 11.8 Å². The number of carbonyl (C=O) groups is 2. The second-order valence-electron chi connectivity index (χ2n) is 7.84. The van der Waals surface area contributed by atoms with Crippen LogP contribution in [0.1, 0.15) is 26.3 Å². The number of hydrogen-bond donors (Lipinski definition) is 0. The quantitative estimate of drug-likeness (QED) is 0.452. The first-order valence-corrected chi connectivity index (χ1v) is 9.85. The van der Waals surface area contributed by atoms with Crippen LogP contribution in [0.5, 0.6) is 0 Å². The summed E-state index contributed by atoms with van der Waals surface area (Å²) < 4.78 is 54.5. The molecule has 0 amide bonds. The van der Waals surface area contributed by atoms with Crippen molar-refractivity contribution in [3.63, 3.8) is 0 Å². The van der Waals surface area contributed by atoms with E-state index in [2.05, 4.69) is 0 Å². The van der Waals surface area contributed by atoms with Gasteiger partial charge < -0.3 is 0 Å². The van der Waals surface area contributed by atoms with E-state index in [-0.39, 0.29) is 33.8 Å². The highest BCUT2D eigenvalue weighted by molar-refractivity contribution is 6.18. The van der Waals surface area contributed by atoms with E-state index >= 15 is 0 Å². The Kier molecular flexibility index (Phi) is 4.66. The Balaban J connectivity index is 1.55. The Hall–Kier alpha value is -3.80. The van der Waals surface area contributed by atoms with E-state index < -0.39 is 35.1 Å². The lowest BCUT2D eigenvalue weighted by atomic mass is 9.70. The monoisotopic (exact) mass is 434 g/mol. The molecule has 2 nitrogen and oxygen atoms in total. The normalized spacial score (nSPS) is 19.4. The van der Waals surface area contributed by atoms with Gasteiger partial charge in [0.05, 0.1) is 11.8 Å². The number of ketones is 2. The van der Waals surface area contributed by atoms with Gasteiger partial charge in [-0.05, 0) is 52.6 Å². The van der Waals surface area contributed by atoms with Crippen molar-refractivity contribution in [3.8, 4) is 11.1 Å². The average Bonchev–Trinajstić information content (AvgIpc) is 2.75. The zero-order chi connectivity index (χ0) is 22.6. The topological polar surface area (TPSA) is 34.1 Å². The van der Waals surface area contributed by atoms with Crippen LogP contribution in [0.4, 0.5) is 17.6 Å². The molecule has 32 heavy (non-hydrogen) atoms. The minimum absolute atomic E-state index is 0.178. The molecule has 0 saturated heterocycles. The van der Waals surface area contributed by atoms with Crippen LogP contribution < -0.4 is 0 Å². The standard InChI is InChI=1S/C26H14F4O2/c27-17-5-15(6-18(28)11-17)13-1-3-21-23(9-13)26(32)22-4-2-14(10-24(22)25(21)31)16-7-19(29)12-20(30)8-16/h1-12,21,23H. The Morgan fingerprint density at radius 2 is 1.12 bits per heavy atom. The molecule has 0 aromatic heterocycles. The zero-order valence-electron chi connectivity index (χ0n) is 16.4. The van der Waals surface area contributed by atoms with Gasteiger partial charge in [-0.1, -0.05) is 30.4 Å². The summed E-state index contributed by atoms with van der Waals surface area (Å²) in [7, 11) is 0. The maximum absolute atomic E-state index is 13.6. The molecule has 2 aliphatic carbocycles. The lowest BCUT2D eigenvalue weighted by molar-refractivity contribution is 0.0802. The van der Waals surface area contributed by atoms with Gasteiger partial charge in [-0.3, -0.25) is 9.59 Å². The number of allylic oxidation sites excluding steroid dienone is 4. The number of rotatable bonds is 2. The number of hydrogen-bond acceptors (Lipinski definition) is 2. The van der Waals surface area contributed by atoms with Gasteiger partial charge in [0.15, 0.2) is 11.6 Å². The molecule has 0 heterocycles. The lowest BCUT2D eigenvalue weighted by Gasteiger charge is -2.30. The molecule has 0 spiro atoms. The molecule has 0 N–H and O–H groups in total. The molecule has 3 aromatic carbocycles. The minimum atomic E-state index is -0.807. The average molecular weight is 434 g/mol. The summed E-state index contributed by atoms with van der Waals surface area (Å²) in [5.41, 5.74) is 1.76. The summed E-state index contributed by atoms with van der Waals surface area (Å²) in [5, 5.41) is 0. The predicted molar refractivity (Wildman–Crippen MR) is 111 cm³/mol. The molecular weight excluding hydrogens is 420 g/mol. The molecule has 158 valence electrons. The van der Waals surface area contributed by atoms with E-state index in [1.54, 1.807) is 18.2 Å². The van der Waals surface area contributed by atoms with Crippen LogP contribution in [0.2, 0.25) is 0 Å². The van der Waals surface area contributed by atoms with Gasteiger partial charge in [0.25, 0.3) is 0 Å². The first-order chi connectivity index (χ1) is 15.3. The van der Waals surface area contributed by atoms with Crippen LogP contribution in [0, 0.1) is 35.1 Å². The summed E-state index contributed by atoms with van der Waals surface area (Å²) in [5.74, 6) is -5.16. The third kappa shape index (κ3) is 3.38. The van der Waals surface area contributed by atoms with E-state index in [1.165, 1.54) is 18.2 Å². The smallest absolute Gasteiger partial charge is 0.171 e. The summed E-state index contributed by atoms with van der Waals surface area (Å²) in [6, 6.07) is 10.6. The van der Waals surface area contributed by atoms with Crippen molar-refractivity contribution >= 4 is 17.1 Å². The van der Waals surface area contributed by atoms with Crippen molar-refractivity contribution in [2.75, 3.05) is 0 Å². The Labute approximate surface area is 180 Å². The lowest BCUT2D eigenvalue weighted by Crippen LogP contribution is -2.35. The summed E-state index contributed by atoms with van der Waals surface area (Å²) in [6.07, 6.45) is 4.68. The van der Waals surface area contributed by atoms with Crippen LogP contribution >= 0.6 is 0 Å². The molecule has 0 aliphatic heterocycles. The van der Waals surface area contributed by atoms with Gasteiger partial charge in [-0.15, -0.1) is 0 Å². The molecule has 6 heteroatoms. The van der Waals surface area contributed by atoms with E-state index in [9.17, 15) is 27.2 Å². The first kappa shape index (κ1) is 20.1. The molecule has 5 rings (SSSR count). The van der Waals surface area contributed by atoms with E-state index in [0.29, 0.717) is 11.1 Å². The maximum atomic E-state index is 13.6. The van der Waals surface area contributed by atoms with Gasteiger partial charge in [-0.2, -0.15) is 0 Å². The Bertz CT molecular complexity index is 1330. The van der Waals surface area contributed by atoms with Gasteiger partial charge in [0, 0.05) is 23.3 Å². The number of Topliss-reactive ketones (excluding diaryl/α,β-unsaturated/α-hetero) is 2. The maximum Gasteiger partial charge on any atom is 0.171 e. The van der Waals surface area contributed by atoms with Gasteiger partial charge in [0.2, 0.25) is 0 Å². The third-order valence-electron chi connectivity index (χ3n) is 5.78. The van der Waals surface area contributed by atoms with Crippen molar-refractivity contribution < 1.29 is 27.2 Å². The molecule has 0 saturated carbocycles. The molecule has 0 fully saturated rings. The van der Waals surface area contributed by atoms with Crippen molar-refractivity contribution in [3.05, 3.63) is 113 Å². The van der Waals surface area contributed by atoms with Crippen LogP contribution in [-0.4, -0.2) is 11.6 Å². The predicted octanol–water partition coefficient (Wildman–Crippen LogP) is 6.17. The second kappa shape index (κ2) is 7.41. The second-order valence-corrected chi connectivity index (χ2v) is 7.84. The number of halogens is 4. The molecule has 3 aromatic rings. The molecule has 2 aliphatic rings. The fourth-order valence-electron chi connectivity index (χ4n) is 4.30. The molecule has 0 radical (unpaired) electrons. The van der Waals surface area contributed by atoms with E-state index in [1.807, 2.05) is 0 Å². The van der Waals surface area contributed by atoms with Crippen LogP contribution in [0.15, 0.2) is 72.8 Å². The highest BCUT2D eigenvalue weighted by Crippen LogP contribution is 2.39. The fraction of sp³-hybridized carbons (Fsp3) is 0.0769. The highest BCUT2D eigenvalue weighted by Gasteiger charge is 2.40. The number of fused-ring (bicyclic) bond motifs is 2. The number of benzene rings is 3. The Morgan fingerprint density at radius 1 is 0.562 bits per heavy atom. The number of carbonyl (C=O) groups excluding carboxylic acids is 2. The summed E-state index contributed by atoms with van der Waals surface area (Å²) in [4.78, 5) is 26.3. The van der Waals surface area contributed by atoms with Crippen molar-refractivity contribution in [1.82, 2.24) is 0 Å². The SMILES string of the molecule is O=C1c2ccc(-c3cc(F)cc(F)c3)cc2C(=O)C2C=CC(c3cc(F)cc(F)c3)=CC12. The Morgan fingerprint density at radius 3 is 1.75 bits per heavy atom. The first-order valence-electron chi connectivity index (χ1n) is 9.85. The molecule has 2 atom stereocenters.